The van der Waals surface area contributed by atoms with Gasteiger partial charge < -0.3 is 5.32 Å². The van der Waals surface area contributed by atoms with Gasteiger partial charge in [-0.2, -0.15) is 5.10 Å². The van der Waals surface area contributed by atoms with Crippen LogP contribution >= 0.6 is 0 Å². The zero-order valence-corrected chi connectivity index (χ0v) is 8.09. The molecule has 0 atom stereocenters. The average Bonchev–Trinajstić information content (AvgIpc) is 2.31. The second-order valence-corrected chi connectivity index (χ2v) is 3.03. The van der Waals surface area contributed by atoms with Gasteiger partial charge in [-0.15, -0.1) is 0 Å². The van der Waals surface area contributed by atoms with E-state index in [2.05, 4.69) is 17.0 Å². The van der Waals surface area contributed by atoms with Crippen LogP contribution in [0.2, 0.25) is 0 Å². The highest BCUT2D eigenvalue weighted by Gasteiger charge is 2.05. The molecule has 13 heavy (non-hydrogen) atoms. The van der Waals surface area contributed by atoms with E-state index >= 15 is 0 Å². The maximum Gasteiger partial charge on any atom is 0.251 e. The number of carbonyl (C=O) groups excluding carboxylic acids is 1. The van der Waals surface area contributed by atoms with E-state index in [0.717, 1.165) is 5.69 Å². The Labute approximate surface area is 77.3 Å². The van der Waals surface area contributed by atoms with Gasteiger partial charge in [-0.25, -0.2) is 0 Å². The van der Waals surface area contributed by atoms with Crippen molar-refractivity contribution < 1.29 is 4.79 Å². The lowest BCUT2D eigenvalue weighted by molar-refractivity contribution is -0.112. The number of hydrogen-bond acceptors (Lipinski definition) is 2. The molecule has 0 saturated heterocycles. The molecule has 0 aliphatic carbocycles. The van der Waals surface area contributed by atoms with Gasteiger partial charge in [0.05, 0.1) is 0 Å². The van der Waals surface area contributed by atoms with Crippen LogP contribution in [0.25, 0.3) is 0 Å². The van der Waals surface area contributed by atoms with Crippen LogP contribution in [0, 0.1) is 6.92 Å². The number of amides is 1. The SMILES string of the molecule is C=C(C)C(=O)Nc1cc(C)n(C)n1. The number of aryl methyl sites for hydroxylation is 2. The van der Waals surface area contributed by atoms with Crippen LogP contribution < -0.4 is 5.32 Å². The Hall–Kier alpha value is -1.58. The molecule has 0 radical (unpaired) electrons. The maximum absolute atomic E-state index is 11.2. The largest absolute Gasteiger partial charge is 0.305 e. The fraction of sp³-hybridized carbons (Fsp3) is 0.333. The molecule has 0 spiro atoms. The van der Waals surface area contributed by atoms with E-state index in [9.17, 15) is 4.79 Å². The first-order valence-electron chi connectivity index (χ1n) is 3.98. The highest BCUT2D eigenvalue weighted by Crippen LogP contribution is 2.07. The molecule has 1 amide bonds. The first-order chi connectivity index (χ1) is 6.00. The first kappa shape index (κ1) is 9.51. The van der Waals surface area contributed by atoms with Crippen molar-refractivity contribution in [2.75, 3.05) is 5.32 Å². The Bertz CT molecular complexity index is 332. The summed E-state index contributed by atoms with van der Waals surface area (Å²) in [6.45, 7) is 7.11. The van der Waals surface area contributed by atoms with E-state index in [1.807, 2.05) is 14.0 Å². The highest BCUT2D eigenvalue weighted by atomic mass is 16.1. The minimum absolute atomic E-state index is 0.196. The van der Waals surface area contributed by atoms with Crippen LogP contribution in [0.3, 0.4) is 0 Å². The van der Waals surface area contributed by atoms with E-state index in [-0.39, 0.29) is 5.91 Å². The van der Waals surface area contributed by atoms with E-state index in [4.69, 9.17) is 0 Å². The number of aromatic nitrogens is 2. The highest BCUT2D eigenvalue weighted by molar-refractivity contribution is 6.02. The molecule has 1 aromatic heterocycles. The third-order valence-corrected chi connectivity index (χ3v) is 1.74. The zero-order chi connectivity index (χ0) is 10.0. The molecule has 0 saturated carbocycles. The van der Waals surface area contributed by atoms with Crippen molar-refractivity contribution in [1.82, 2.24) is 9.78 Å². The van der Waals surface area contributed by atoms with Crippen molar-refractivity contribution in [3.63, 3.8) is 0 Å². The Balaban J connectivity index is 2.75. The molecule has 4 heteroatoms. The third-order valence-electron chi connectivity index (χ3n) is 1.74. The summed E-state index contributed by atoms with van der Waals surface area (Å²) < 4.78 is 1.70. The van der Waals surface area contributed by atoms with Gasteiger partial charge in [0, 0.05) is 24.4 Å². The quantitative estimate of drug-likeness (QED) is 0.694. The lowest BCUT2D eigenvalue weighted by atomic mass is 10.3. The predicted octanol–water partition coefficient (Wildman–Crippen LogP) is 1.24. The second kappa shape index (κ2) is 3.43. The molecule has 0 aliphatic rings. The minimum atomic E-state index is -0.196. The van der Waals surface area contributed by atoms with Crippen molar-refractivity contribution in [2.24, 2.45) is 7.05 Å². The van der Waals surface area contributed by atoms with E-state index in [0.29, 0.717) is 11.4 Å². The summed E-state index contributed by atoms with van der Waals surface area (Å²) in [6, 6.07) is 1.81. The predicted molar refractivity (Wildman–Crippen MR) is 51.4 cm³/mol. The molecule has 70 valence electrons. The summed E-state index contributed by atoms with van der Waals surface area (Å²) in [5, 5.41) is 6.71. The molecule has 1 aromatic rings. The molecular weight excluding hydrogens is 166 g/mol. The van der Waals surface area contributed by atoms with Gasteiger partial charge >= 0.3 is 0 Å². The van der Waals surface area contributed by atoms with Gasteiger partial charge in [-0.3, -0.25) is 9.48 Å². The molecule has 0 unspecified atom stereocenters. The topological polar surface area (TPSA) is 46.9 Å². The fourth-order valence-corrected chi connectivity index (χ4v) is 0.845. The Morgan fingerprint density at radius 2 is 2.31 bits per heavy atom. The van der Waals surface area contributed by atoms with Gasteiger partial charge in [-0.05, 0) is 13.8 Å². The number of hydrogen-bond donors (Lipinski definition) is 1. The van der Waals surface area contributed by atoms with Crippen molar-refractivity contribution >= 4 is 11.7 Å². The van der Waals surface area contributed by atoms with Crippen LogP contribution in [0.4, 0.5) is 5.82 Å². The van der Waals surface area contributed by atoms with Crippen LogP contribution in [0.5, 0.6) is 0 Å². The van der Waals surface area contributed by atoms with Crippen LogP contribution in [0.1, 0.15) is 12.6 Å². The number of carbonyl (C=O) groups is 1. The molecular formula is C9H13N3O. The van der Waals surface area contributed by atoms with Gasteiger partial charge in [-0.1, -0.05) is 6.58 Å². The van der Waals surface area contributed by atoms with Crippen molar-refractivity contribution in [2.45, 2.75) is 13.8 Å². The van der Waals surface area contributed by atoms with Crippen molar-refractivity contribution in [1.29, 1.82) is 0 Å². The summed E-state index contributed by atoms with van der Waals surface area (Å²) in [5.41, 5.74) is 1.47. The zero-order valence-electron chi connectivity index (χ0n) is 8.09. The number of rotatable bonds is 2. The van der Waals surface area contributed by atoms with Gasteiger partial charge in [0.25, 0.3) is 5.91 Å². The van der Waals surface area contributed by atoms with Crippen LogP contribution in [-0.4, -0.2) is 15.7 Å². The van der Waals surface area contributed by atoms with Gasteiger partial charge in [0.1, 0.15) is 0 Å². The smallest absolute Gasteiger partial charge is 0.251 e. The second-order valence-electron chi connectivity index (χ2n) is 3.03. The van der Waals surface area contributed by atoms with Crippen LogP contribution in [-0.2, 0) is 11.8 Å². The lowest BCUT2D eigenvalue weighted by Crippen LogP contribution is -2.12. The minimum Gasteiger partial charge on any atom is -0.305 e. The van der Waals surface area contributed by atoms with Gasteiger partial charge in [0.15, 0.2) is 5.82 Å². The first-order valence-corrected chi connectivity index (χ1v) is 3.98. The summed E-state index contributed by atoms with van der Waals surface area (Å²) >= 11 is 0. The summed E-state index contributed by atoms with van der Waals surface area (Å²) in [4.78, 5) is 11.2. The fourth-order valence-electron chi connectivity index (χ4n) is 0.845. The van der Waals surface area contributed by atoms with Crippen molar-refractivity contribution in [3.05, 3.63) is 23.9 Å². The van der Waals surface area contributed by atoms with Gasteiger partial charge in [0.2, 0.25) is 0 Å². The molecule has 0 aromatic carbocycles. The maximum atomic E-state index is 11.2. The molecule has 0 bridgehead atoms. The van der Waals surface area contributed by atoms with E-state index in [1.54, 1.807) is 17.7 Å². The summed E-state index contributed by atoms with van der Waals surface area (Å²) in [5.74, 6) is 0.367. The Kier molecular flexibility index (Phi) is 2.51. The molecule has 0 fully saturated rings. The monoisotopic (exact) mass is 179 g/mol. The number of nitrogens with zero attached hydrogens (tertiary/aromatic N) is 2. The Morgan fingerprint density at radius 3 is 2.69 bits per heavy atom. The molecule has 0 aliphatic heterocycles. The Morgan fingerprint density at radius 1 is 1.69 bits per heavy atom. The van der Waals surface area contributed by atoms with E-state index in [1.165, 1.54) is 0 Å². The molecule has 1 N–H and O–H groups in total. The van der Waals surface area contributed by atoms with Crippen LogP contribution in [0.15, 0.2) is 18.2 Å². The standard InChI is InChI=1S/C9H13N3O/c1-6(2)9(13)10-8-5-7(3)12(4)11-8/h5H,1H2,2-4H3,(H,10,11,13). The van der Waals surface area contributed by atoms with Crippen molar-refractivity contribution in [3.8, 4) is 0 Å². The normalized spacial score (nSPS) is 9.77. The average molecular weight is 179 g/mol. The number of anilines is 1. The molecule has 1 heterocycles. The summed E-state index contributed by atoms with van der Waals surface area (Å²) in [7, 11) is 1.83. The van der Waals surface area contributed by atoms with E-state index < -0.39 is 0 Å². The lowest BCUT2D eigenvalue weighted by Gasteiger charge is -1.98. The number of nitrogens with one attached hydrogen (secondary N) is 1. The summed E-state index contributed by atoms with van der Waals surface area (Å²) in [6.07, 6.45) is 0. The molecule has 4 nitrogen and oxygen atoms in total. The third kappa shape index (κ3) is 2.18. The molecule has 1 rings (SSSR count).